The minimum atomic E-state index is -0.605. The van der Waals surface area contributed by atoms with Crippen LogP contribution in [0, 0.1) is 0 Å². The molecule has 1 aliphatic carbocycles. The van der Waals surface area contributed by atoms with Gasteiger partial charge >= 0.3 is 0 Å². The highest BCUT2D eigenvalue weighted by Crippen LogP contribution is 2.27. The number of hydrogen-bond donors (Lipinski definition) is 2. The second kappa shape index (κ2) is 6.19. The van der Waals surface area contributed by atoms with E-state index < -0.39 is 5.54 Å². The highest BCUT2D eigenvalue weighted by Gasteiger charge is 2.36. The number of rotatable bonds is 8. The quantitative estimate of drug-likeness (QED) is 0.712. The number of aromatic nitrogens is 2. The summed E-state index contributed by atoms with van der Waals surface area (Å²) in [7, 11) is 0. The molecule has 0 aromatic carbocycles. The summed E-state index contributed by atoms with van der Waals surface area (Å²) in [5, 5.41) is 3.35. The fourth-order valence-corrected chi connectivity index (χ4v) is 3.65. The average molecular weight is 300 g/mol. The Balaban J connectivity index is 1.82. The Labute approximate surface area is 121 Å². The van der Waals surface area contributed by atoms with Gasteiger partial charge in [-0.05, 0) is 37.7 Å². The van der Waals surface area contributed by atoms with E-state index in [4.69, 9.17) is 5.73 Å². The zero-order valence-electron chi connectivity index (χ0n) is 11.3. The van der Waals surface area contributed by atoms with Gasteiger partial charge in [-0.1, -0.05) is 18.7 Å². The van der Waals surface area contributed by atoms with Crippen molar-refractivity contribution >= 4 is 29.2 Å². The van der Waals surface area contributed by atoms with Crippen LogP contribution >= 0.6 is 23.3 Å². The molecule has 1 aromatic rings. The lowest BCUT2D eigenvalue weighted by Crippen LogP contribution is -2.54. The minimum absolute atomic E-state index is 0.272. The van der Waals surface area contributed by atoms with Crippen LogP contribution in [0.15, 0.2) is 4.34 Å². The molecule has 7 heteroatoms. The first kappa shape index (κ1) is 14.7. The topological polar surface area (TPSA) is 80.9 Å². The van der Waals surface area contributed by atoms with E-state index in [2.05, 4.69) is 14.7 Å². The second-order valence-electron chi connectivity index (χ2n) is 5.04. The fraction of sp³-hybridized carbons (Fsp3) is 0.750. The summed E-state index contributed by atoms with van der Waals surface area (Å²) in [4.78, 5) is 16.0. The maximum absolute atomic E-state index is 11.6. The van der Waals surface area contributed by atoms with Crippen LogP contribution < -0.4 is 11.1 Å². The third-order valence-electron chi connectivity index (χ3n) is 3.24. The van der Waals surface area contributed by atoms with E-state index in [0.717, 1.165) is 35.2 Å². The molecule has 1 atom stereocenters. The van der Waals surface area contributed by atoms with E-state index in [1.54, 1.807) is 11.8 Å². The van der Waals surface area contributed by atoms with E-state index in [0.29, 0.717) is 12.5 Å². The molecule has 1 heterocycles. The molecule has 1 aromatic heterocycles. The molecule has 0 spiro atoms. The van der Waals surface area contributed by atoms with Gasteiger partial charge in [0.1, 0.15) is 5.82 Å². The van der Waals surface area contributed by atoms with Crippen LogP contribution in [-0.4, -0.2) is 32.6 Å². The summed E-state index contributed by atoms with van der Waals surface area (Å²) in [6.45, 7) is 3.94. The van der Waals surface area contributed by atoms with Crippen LogP contribution in [0.4, 0.5) is 0 Å². The lowest BCUT2D eigenvalue weighted by atomic mass is 9.98. The van der Waals surface area contributed by atoms with E-state index in [1.807, 2.05) is 13.8 Å². The first-order chi connectivity index (χ1) is 9.03. The van der Waals surface area contributed by atoms with Crippen LogP contribution in [0.5, 0.6) is 0 Å². The molecule has 0 bridgehead atoms. The van der Waals surface area contributed by atoms with Crippen LogP contribution in [0.1, 0.15) is 38.9 Å². The maximum atomic E-state index is 11.6. The number of carbonyl (C=O) groups is 1. The summed E-state index contributed by atoms with van der Waals surface area (Å²) < 4.78 is 5.21. The maximum Gasteiger partial charge on any atom is 0.237 e. The number of nitrogens with one attached hydrogen (secondary N) is 1. The molecule has 1 unspecified atom stereocenters. The summed E-state index contributed by atoms with van der Waals surface area (Å²) >= 11 is 3.07. The predicted molar refractivity (Wildman–Crippen MR) is 78.4 cm³/mol. The van der Waals surface area contributed by atoms with Crippen molar-refractivity contribution in [3.8, 4) is 0 Å². The van der Waals surface area contributed by atoms with Gasteiger partial charge in [-0.25, -0.2) is 4.98 Å². The van der Waals surface area contributed by atoms with E-state index in [1.165, 1.54) is 11.5 Å². The Morgan fingerprint density at radius 3 is 2.89 bits per heavy atom. The first-order valence-electron chi connectivity index (χ1n) is 6.56. The zero-order valence-corrected chi connectivity index (χ0v) is 12.9. The minimum Gasteiger partial charge on any atom is -0.368 e. The molecule has 1 aliphatic rings. The van der Waals surface area contributed by atoms with Crippen molar-refractivity contribution < 1.29 is 4.79 Å². The van der Waals surface area contributed by atoms with Crippen molar-refractivity contribution in [2.75, 3.05) is 5.75 Å². The van der Waals surface area contributed by atoms with Crippen LogP contribution in [0.2, 0.25) is 0 Å². The highest BCUT2D eigenvalue weighted by atomic mass is 32.2. The van der Waals surface area contributed by atoms with Crippen molar-refractivity contribution in [1.82, 2.24) is 14.7 Å². The fourth-order valence-electron chi connectivity index (χ4n) is 1.73. The lowest BCUT2D eigenvalue weighted by Gasteiger charge is -2.27. The van der Waals surface area contributed by atoms with Gasteiger partial charge in [0.15, 0.2) is 4.34 Å². The van der Waals surface area contributed by atoms with Crippen molar-refractivity contribution in [3.63, 3.8) is 0 Å². The summed E-state index contributed by atoms with van der Waals surface area (Å²) in [6, 6.07) is 0.468. The molecule has 5 nitrogen and oxygen atoms in total. The van der Waals surface area contributed by atoms with Gasteiger partial charge in [-0.3, -0.25) is 4.79 Å². The van der Waals surface area contributed by atoms with Crippen molar-refractivity contribution in [2.45, 2.75) is 55.5 Å². The number of nitrogens with two attached hydrogens (primary N) is 1. The molecule has 106 valence electrons. The van der Waals surface area contributed by atoms with Gasteiger partial charge in [0.2, 0.25) is 5.91 Å². The van der Waals surface area contributed by atoms with Crippen LogP contribution in [0.25, 0.3) is 0 Å². The van der Waals surface area contributed by atoms with Gasteiger partial charge < -0.3 is 11.1 Å². The van der Waals surface area contributed by atoms with Crippen LogP contribution in [0.3, 0.4) is 0 Å². The standard InChI is InChI=1S/C12H20N4OS2/c1-3-9-14-11(19-16-9)18-7-6-12(2,10(13)17)15-8-4-5-8/h8,15H,3-7H2,1-2H3,(H2,13,17). The van der Waals surface area contributed by atoms with Gasteiger partial charge in [0, 0.05) is 18.2 Å². The Morgan fingerprint density at radius 2 is 2.37 bits per heavy atom. The van der Waals surface area contributed by atoms with Gasteiger partial charge in [0.05, 0.1) is 5.54 Å². The number of hydrogen-bond acceptors (Lipinski definition) is 6. The molecule has 3 N–H and O–H groups in total. The van der Waals surface area contributed by atoms with Crippen molar-refractivity contribution in [3.05, 3.63) is 5.82 Å². The largest absolute Gasteiger partial charge is 0.368 e. The monoisotopic (exact) mass is 300 g/mol. The predicted octanol–water partition coefficient (Wildman–Crippen LogP) is 1.58. The Morgan fingerprint density at radius 1 is 1.63 bits per heavy atom. The molecule has 0 saturated heterocycles. The van der Waals surface area contributed by atoms with Crippen molar-refractivity contribution in [2.24, 2.45) is 5.73 Å². The third-order valence-corrected chi connectivity index (χ3v) is 5.11. The normalized spacial score (nSPS) is 18.2. The number of thioether (sulfide) groups is 1. The molecular formula is C12H20N4OS2. The molecule has 1 amide bonds. The third kappa shape index (κ3) is 4.15. The van der Waals surface area contributed by atoms with Gasteiger partial charge in [-0.2, -0.15) is 4.37 Å². The van der Waals surface area contributed by atoms with Crippen molar-refractivity contribution in [1.29, 1.82) is 0 Å². The number of primary amides is 1. The number of carbonyl (C=O) groups excluding carboxylic acids is 1. The number of amides is 1. The molecule has 0 aliphatic heterocycles. The molecule has 1 saturated carbocycles. The summed E-state index contributed by atoms with van der Waals surface area (Å²) in [5.41, 5.74) is 4.91. The second-order valence-corrected chi connectivity index (χ2v) is 7.14. The molecule has 0 radical (unpaired) electrons. The lowest BCUT2D eigenvalue weighted by molar-refractivity contribution is -0.124. The first-order valence-corrected chi connectivity index (χ1v) is 8.32. The van der Waals surface area contributed by atoms with Gasteiger partial charge in [0.25, 0.3) is 0 Å². The van der Waals surface area contributed by atoms with Crippen LogP contribution in [-0.2, 0) is 11.2 Å². The molecule has 19 heavy (non-hydrogen) atoms. The average Bonchev–Trinajstić information content (AvgIpc) is 3.05. The number of nitrogens with zero attached hydrogens (tertiary/aromatic N) is 2. The molecule has 1 fully saturated rings. The summed E-state index contributed by atoms with van der Waals surface area (Å²) in [5.74, 6) is 1.44. The zero-order chi connectivity index (χ0) is 13.9. The Bertz CT molecular complexity index is 447. The Kier molecular flexibility index (Phi) is 4.81. The highest BCUT2D eigenvalue weighted by molar-refractivity contribution is 8.00. The van der Waals surface area contributed by atoms with E-state index >= 15 is 0 Å². The van der Waals surface area contributed by atoms with E-state index in [9.17, 15) is 4.79 Å². The molecular weight excluding hydrogens is 280 g/mol. The smallest absolute Gasteiger partial charge is 0.237 e. The SMILES string of the molecule is CCc1nsc(SCCC(C)(NC2CC2)C(N)=O)n1. The molecule has 2 rings (SSSR count). The Hall–Kier alpha value is -0.660. The van der Waals surface area contributed by atoms with Gasteiger partial charge in [-0.15, -0.1) is 0 Å². The van der Waals surface area contributed by atoms with E-state index in [-0.39, 0.29) is 5.91 Å². The summed E-state index contributed by atoms with van der Waals surface area (Å²) in [6.07, 6.45) is 3.86. The number of aryl methyl sites for hydroxylation is 1.